The van der Waals surface area contributed by atoms with Crippen molar-refractivity contribution in [3.63, 3.8) is 0 Å². The molecule has 0 spiro atoms. The van der Waals surface area contributed by atoms with Crippen molar-refractivity contribution in [2.45, 2.75) is 36.7 Å². The maximum absolute atomic E-state index is 12.2. The number of halogens is 1. The second-order valence-corrected chi connectivity index (χ2v) is 7.53. The molecule has 4 nitrogen and oxygen atoms in total. The molecule has 2 N–H and O–H groups in total. The van der Waals surface area contributed by atoms with E-state index in [2.05, 4.69) is 32.6 Å². The fraction of sp³-hybridized carbons (Fsp3) is 0.500. The highest BCUT2D eigenvalue weighted by Crippen LogP contribution is 2.15. The Morgan fingerprint density at radius 1 is 1.33 bits per heavy atom. The topological polar surface area (TPSA) is 58.2 Å². The first-order chi connectivity index (χ1) is 8.49. The molecule has 2 unspecified atom stereocenters. The van der Waals surface area contributed by atoms with Crippen molar-refractivity contribution in [1.29, 1.82) is 0 Å². The SMILES string of the molecule is CC1NCCCC1NS(=O)(=O)c1ccc(I)cc1. The van der Waals surface area contributed by atoms with Crippen LogP contribution in [0.15, 0.2) is 29.2 Å². The molecular formula is C12H17IN2O2S. The summed E-state index contributed by atoms with van der Waals surface area (Å²) in [7, 11) is -3.40. The molecule has 0 aliphatic carbocycles. The summed E-state index contributed by atoms with van der Waals surface area (Å²) in [5.41, 5.74) is 0. The van der Waals surface area contributed by atoms with E-state index in [9.17, 15) is 8.42 Å². The van der Waals surface area contributed by atoms with E-state index in [0.29, 0.717) is 4.90 Å². The van der Waals surface area contributed by atoms with Gasteiger partial charge in [0.05, 0.1) is 4.90 Å². The van der Waals surface area contributed by atoms with E-state index in [1.165, 1.54) is 0 Å². The monoisotopic (exact) mass is 380 g/mol. The third kappa shape index (κ3) is 3.43. The molecule has 2 rings (SSSR count). The highest BCUT2D eigenvalue weighted by atomic mass is 127. The number of benzene rings is 1. The smallest absolute Gasteiger partial charge is 0.240 e. The Hall–Kier alpha value is -0.180. The van der Waals surface area contributed by atoms with Gasteiger partial charge >= 0.3 is 0 Å². The van der Waals surface area contributed by atoms with Gasteiger partial charge in [-0.2, -0.15) is 0 Å². The molecule has 1 fully saturated rings. The zero-order valence-electron chi connectivity index (χ0n) is 10.2. The Kier molecular flexibility index (Phi) is 4.63. The van der Waals surface area contributed by atoms with Crippen LogP contribution in [0, 0.1) is 3.57 Å². The molecule has 100 valence electrons. The molecule has 0 saturated carbocycles. The van der Waals surface area contributed by atoms with Crippen LogP contribution in [-0.4, -0.2) is 27.0 Å². The average Bonchev–Trinajstić information content (AvgIpc) is 2.32. The Morgan fingerprint density at radius 2 is 2.00 bits per heavy atom. The van der Waals surface area contributed by atoms with Gasteiger partial charge in [-0.1, -0.05) is 0 Å². The molecule has 0 amide bonds. The summed E-state index contributed by atoms with van der Waals surface area (Å²) in [6.45, 7) is 2.98. The zero-order chi connectivity index (χ0) is 13.2. The van der Waals surface area contributed by atoms with Crippen molar-refractivity contribution >= 4 is 32.6 Å². The Morgan fingerprint density at radius 3 is 2.61 bits per heavy atom. The van der Waals surface area contributed by atoms with Gasteiger partial charge in [0.1, 0.15) is 0 Å². The number of hydrogen-bond acceptors (Lipinski definition) is 3. The summed E-state index contributed by atoms with van der Waals surface area (Å²) >= 11 is 2.16. The molecular weight excluding hydrogens is 363 g/mol. The minimum atomic E-state index is -3.40. The Balaban J connectivity index is 2.13. The van der Waals surface area contributed by atoms with Gasteiger partial charge in [0.25, 0.3) is 0 Å². The fourth-order valence-electron chi connectivity index (χ4n) is 2.09. The predicted molar refractivity (Wildman–Crippen MR) is 80.0 cm³/mol. The molecule has 0 aromatic heterocycles. The van der Waals surface area contributed by atoms with Crippen LogP contribution in [0.4, 0.5) is 0 Å². The van der Waals surface area contributed by atoms with Crippen LogP contribution in [0.2, 0.25) is 0 Å². The van der Waals surface area contributed by atoms with E-state index < -0.39 is 10.0 Å². The second kappa shape index (κ2) is 5.85. The minimum Gasteiger partial charge on any atom is -0.313 e. The molecule has 0 radical (unpaired) electrons. The summed E-state index contributed by atoms with van der Waals surface area (Å²) in [6, 6.07) is 7.05. The normalized spacial score (nSPS) is 25.0. The van der Waals surface area contributed by atoms with Crippen LogP contribution < -0.4 is 10.0 Å². The molecule has 2 atom stereocenters. The molecule has 1 aromatic carbocycles. The lowest BCUT2D eigenvalue weighted by molar-refractivity contribution is 0.349. The van der Waals surface area contributed by atoms with Crippen molar-refractivity contribution in [2.75, 3.05) is 6.54 Å². The quantitative estimate of drug-likeness (QED) is 0.786. The molecule has 1 saturated heterocycles. The molecule has 0 bridgehead atoms. The van der Waals surface area contributed by atoms with Crippen LogP contribution in [-0.2, 0) is 10.0 Å². The van der Waals surface area contributed by atoms with E-state index in [1.807, 2.05) is 6.92 Å². The second-order valence-electron chi connectivity index (χ2n) is 4.57. The molecule has 1 aliphatic heterocycles. The summed E-state index contributed by atoms with van der Waals surface area (Å²) in [5, 5.41) is 3.29. The van der Waals surface area contributed by atoms with E-state index in [4.69, 9.17) is 0 Å². The molecule has 1 heterocycles. The number of piperidine rings is 1. The molecule has 1 aliphatic rings. The van der Waals surface area contributed by atoms with Crippen molar-refractivity contribution in [3.8, 4) is 0 Å². The summed E-state index contributed by atoms with van der Waals surface area (Å²) in [5.74, 6) is 0. The van der Waals surface area contributed by atoms with Gasteiger partial charge < -0.3 is 5.32 Å². The first-order valence-corrected chi connectivity index (χ1v) is 8.56. The van der Waals surface area contributed by atoms with E-state index >= 15 is 0 Å². The van der Waals surface area contributed by atoms with Gasteiger partial charge in [0.15, 0.2) is 0 Å². The summed E-state index contributed by atoms with van der Waals surface area (Å²) in [4.78, 5) is 0.334. The van der Waals surface area contributed by atoms with E-state index in [0.717, 1.165) is 23.0 Å². The largest absolute Gasteiger partial charge is 0.313 e. The van der Waals surface area contributed by atoms with Crippen molar-refractivity contribution in [2.24, 2.45) is 0 Å². The van der Waals surface area contributed by atoms with Crippen molar-refractivity contribution < 1.29 is 8.42 Å². The van der Waals surface area contributed by atoms with Gasteiger partial charge in [0.2, 0.25) is 10.0 Å². The Labute approximate surface area is 122 Å². The van der Waals surface area contributed by atoms with Crippen molar-refractivity contribution in [3.05, 3.63) is 27.8 Å². The lowest BCUT2D eigenvalue weighted by atomic mass is 10.0. The summed E-state index contributed by atoms with van der Waals surface area (Å²) < 4.78 is 28.2. The predicted octanol–water partition coefficient (Wildman–Crippen LogP) is 1.71. The van der Waals surface area contributed by atoms with Crippen LogP contribution in [0.1, 0.15) is 19.8 Å². The van der Waals surface area contributed by atoms with Crippen LogP contribution >= 0.6 is 22.6 Å². The highest BCUT2D eigenvalue weighted by molar-refractivity contribution is 14.1. The van der Waals surface area contributed by atoms with E-state index in [1.54, 1.807) is 24.3 Å². The van der Waals surface area contributed by atoms with Gasteiger partial charge in [0, 0.05) is 15.7 Å². The van der Waals surface area contributed by atoms with Crippen LogP contribution in [0.25, 0.3) is 0 Å². The standard InChI is InChI=1S/C12H17IN2O2S/c1-9-12(3-2-8-14-9)15-18(16,17)11-6-4-10(13)5-7-11/h4-7,9,12,14-15H,2-3,8H2,1H3. The Bertz CT molecular complexity index is 501. The minimum absolute atomic E-state index is 0.0250. The average molecular weight is 380 g/mol. The molecule has 6 heteroatoms. The first kappa shape index (κ1) is 14.2. The van der Waals surface area contributed by atoms with Gasteiger partial charge in [-0.25, -0.2) is 13.1 Å². The first-order valence-electron chi connectivity index (χ1n) is 6.00. The maximum Gasteiger partial charge on any atom is 0.240 e. The third-order valence-corrected chi connectivity index (χ3v) is 5.42. The van der Waals surface area contributed by atoms with Crippen molar-refractivity contribution in [1.82, 2.24) is 10.0 Å². The maximum atomic E-state index is 12.2. The van der Waals surface area contributed by atoms with Crippen LogP contribution in [0.3, 0.4) is 0 Å². The zero-order valence-corrected chi connectivity index (χ0v) is 13.2. The number of sulfonamides is 1. The third-order valence-electron chi connectivity index (χ3n) is 3.19. The lowest BCUT2D eigenvalue weighted by Crippen LogP contribution is -2.51. The van der Waals surface area contributed by atoms with Crippen LogP contribution in [0.5, 0.6) is 0 Å². The van der Waals surface area contributed by atoms with Gasteiger partial charge in [-0.05, 0) is 73.2 Å². The highest BCUT2D eigenvalue weighted by Gasteiger charge is 2.26. The molecule has 18 heavy (non-hydrogen) atoms. The van der Waals surface area contributed by atoms with E-state index in [-0.39, 0.29) is 12.1 Å². The number of rotatable bonds is 3. The fourth-order valence-corrected chi connectivity index (χ4v) is 3.80. The summed E-state index contributed by atoms with van der Waals surface area (Å²) in [6.07, 6.45) is 1.89. The lowest BCUT2D eigenvalue weighted by Gasteiger charge is -2.30. The number of nitrogens with one attached hydrogen (secondary N) is 2. The number of hydrogen-bond donors (Lipinski definition) is 2. The van der Waals surface area contributed by atoms with Gasteiger partial charge in [-0.3, -0.25) is 0 Å². The molecule has 1 aromatic rings. The van der Waals surface area contributed by atoms with Gasteiger partial charge in [-0.15, -0.1) is 0 Å².